The number of primary amides is 1. The summed E-state index contributed by atoms with van der Waals surface area (Å²) in [4.78, 5) is 14.3. The summed E-state index contributed by atoms with van der Waals surface area (Å²) in [5.41, 5.74) is 8.62. The summed E-state index contributed by atoms with van der Waals surface area (Å²) in [6.45, 7) is 12.8. The molecule has 2 aliphatic heterocycles. The zero-order valence-electron chi connectivity index (χ0n) is 18.2. The number of amides is 1. The largest absolute Gasteiger partial charge is 0.366 e. The number of hydrogen-bond acceptors (Lipinski definition) is 3. The normalized spacial score (nSPS) is 25.8. The van der Waals surface area contributed by atoms with Crippen LogP contribution in [0.3, 0.4) is 0 Å². The Kier molecular flexibility index (Phi) is 7.16. The van der Waals surface area contributed by atoms with Crippen LogP contribution in [0.2, 0.25) is 0 Å². The van der Waals surface area contributed by atoms with Crippen LogP contribution >= 0.6 is 0 Å². The number of piperidine rings is 2. The topological polar surface area (TPSA) is 58.4 Å². The molecule has 3 N–H and O–H groups in total. The first-order chi connectivity index (χ1) is 13.3. The van der Waals surface area contributed by atoms with Crippen molar-refractivity contribution in [1.82, 2.24) is 10.2 Å². The number of carbonyl (C=O) groups is 1. The molecule has 2 aliphatic rings. The number of benzene rings is 1. The Morgan fingerprint density at radius 1 is 1.21 bits per heavy atom. The van der Waals surface area contributed by atoms with Crippen molar-refractivity contribution in [3.05, 3.63) is 34.9 Å². The molecule has 2 saturated heterocycles. The van der Waals surface area contributed by atoms with Crippen molar-refractivity contribution in [3.8, 4) is 0 Å². The van der Waals surface area contributed by atoms with Crippen molar-refractivity contribution in [1.29, 1.82) is 0 Å². The third-order valence-corrected chi connectivity index (χ3v) is 7.23. The van der Waals surface area contributed by atoms with E-state index >= 15 is 0 Å². The van der Waals surface area contributed by atoms with Gasteiger partial charge in [0, 0.05) is 17.6 Å². The van der Waals surface area contributed by atoms with Gasteiger partial charge < -0.3 is 16.0 Å². The van der Waals surface area contributed by atoms with Crippen LogP contribution in [0.25, 0.3) is 0 Å². The van der Waals surface area contributed by atoms with E-state index in [1.54, 1.807) is 0 Å². The SMILES string of the molecule is Cc1ccc(C(N)=O)cc1C(C)CC1CC(N2CCC(C(C)C)CC2)CCN1. The van der Waals surface area contributed by atoms with Gasteiger partial charge in [-0.05, 0) is 99.7 Å². The van der Waals surface area contributed by atoms with E-state index in [2.05, 4.69) is 37.9 Å². The molecule has 0 aliphatic carbocycles. The second kappa shape index (κ2) is 9.41. The van der Waals surface area contributed by atoms with E-state index in [1.165, 1.54) is 49.9 Å². The molecule has 0 spiro atoms. The molecule has 0 bridgehead atoms. The minimum Gasteiger partial charge on any atom is -0.366 e. The zero-order chi connectivity index (χ0) is 20.3. The molecule has 3 atom stereocenters. The first kappa shape index (κ1) is 21.3. The Bertz CT molecular complexity index is 664. The Morgan fingerprint density at radius 2 is 1.93 bits per heavy atom. The van der Waals surface area contributed by atoms with Gasteiger partial charge in [-0.1, -0.05) is 26.8 Å². The van der Waals surface area contributed by atoms with Gasteiger partial charge in [0.25, 0.3) is 0 Å². The maximum absolute atomic E-state index is 11.6. The molecule has 2 fully saturated rings. The predicted molar refractivity (Wildman–Crippen MR) is 117 cm³/mol. The maximum Gasteiger partial charge on any atom is 0.248 e. The van der Waals surface area contributed by atoms with E-state index in [0.29, 0.717) is 17.5 Å². The van der Waals surface area contributed by atoms with Gasteiger partial charge in [0.15, 0.2) is 0 Å². The van der Waals surface area contributed by atoms with Crippen molar-refractivity contribution in [2.24, 2.45) is 17.6 Å². The van der Waals surface area contributed by atoms with Crippen LogP contribution in [0.15, 0.2) is 18.2 Å². The van der Waals surface area contributed by atoms with Gasteiger partial charge in [-0.2, -0.15) is 0 Å². The highest BCUT2D eigenvalue weighted by Crippen LogP contribution is 2.31. The molecule has 0 radical (unpaired) electrons. The molecule has 2 heterocycles. The maximum atomic E-state index is 11.6. The number of nitrogens with one attached hydrogen (secondary N) is 1. The number of nitrogens with two attached hydrogens (primary N) is 1. The van der Waals surface area contributed by atoms with Gasteiger partial charge in [0.1, 0.15) is 0 Å². The van der Waals surface area contributed by atoms with E-state index in [-0.39, 0.29) is 5.91 Å². The van der Waals surface area contributed by atoms with Gasteiger partial charge in [0.05, 0.1) is 0 Å². The monoisotopic (exact) mass is 385 g/mol. The first-order valence-corrected chi connectivity index (χ1v) is 11.2. The highest BCUT2D eigenvalue weighted by Gasteiger charge is 2.31. The molecular weight excluding hydrogens is 346 g/mol. The summed E-state index contributed by atoms with van der Waals surface area (Å²) in [5, 5.41) is 3.75. The molecule has 4 nitrogen and oxygen atoms in total. The summed E-state index contributed by atoms with van der Waals surface area (Å²) < 4.78 is 0. The van der Waals surface area contributed by atoms with Crippen molar-refractivity contribution < 1.29 is 4.79 Å². The molecule has 3 rings (SSSR count). The molecule has 156 valence electrons. The average molecular weight is 386 g/mol. The molecule has 1 aromatic carbocycles. The average Bonchev–Trinajstić information content (AvgIpc) is 2.68. The van der Waals surface area contributed by atoms with Crippen LogP contribution in [0.5, 0.6) is 0 Å². The molecule has 0 aromatic heterocycles. The lowest BCUT2D eigenvalue weighted by molar-refractivity contribution is 0.0853. The Balaban J connectivity index is 1.58. The minimum absolute atomic E-state index is 0.339. The third-order valence-electron chi connectivity index (χ3n) is 7.23. The number of carbonyl (C=O) groups excluding carboxylic acids is 1. The lowest BCUT2D eigenvalue weighted by Crippen LogP contribution is -2.50. The molecule has 0 saturated carbocycles. The minimum atomic E-state index is -0.339. The fourth-order valence-electron chi connectivity index (χ4n) is 5.32. The number of rotatable bonds is 6. The van der Waals surface area contributed by atoms with Crippen molar-refractivity contribution in [2.75, 3.05) is 19.6 Å². The smallest absolute Gasteiger partial charge is 0.248 e. The highest BCUT2D eigenvalue weighted by molar-refractivity contribution is 5.93. The van der Waals surface area contributed by atoms with Gasteiger partial charge in [-0.15, -0.1) is 0 Å². The predicted octanol–water partition coefficient (Wildman–Crippen LogP) is 4.08. The summed E-state index contributed by atoms with van der Waals surface area (Å²) in [7, 11) is 0. The fraction of sp³-hybridized carbons (Fsp3) is 0.708. The van der Waals surface area contributed by atoms with E-state index in [0.717, 1.165) is 30.8 Å². The Hall–Kier alpha value is -1.39. The standard InChI is InChI=1S/C24H39N3O/c1-16(2)19-8-11-27(12-9-19)22-7-10-26-21(15-22)13-18(4)23-14-20(24(25)28)6-5-17(23)3/h5-6,14,16,18-19,21-22,26H,7-13,15H2,1-4H3,(H2,25,28). The van der Waals surface area contributed by atoms with E-state index in [1.807, 2.05) is 18.2 Å². The summed E-state index contributed by atoms with van der Waals surface area (Å²) in [6, 6.07) is 7.14. The lowest BCUT2D eigenvalue weighted by Gasteiger charge is -2.43. The number of nitrogens with zero attached hydrogens (tertiary/aromatic N) is 1. The second-order valence-corrected chi connectivity index (χ2v) is 9.52. The molecule has 3 unspecified atom stereocenters. The van der Waals surface area contributed by atoms with E-state index < -0.39 is 0 Å². The zero-order valence-corrected chi connectivity index (χ0v) is 18.2. The van der Waals surface area contributed by atoms with Crippen LogP contribution in [-0.4, -0.2) is 42.5 Å². The molecule has 28 heavy (non-hydrogen) atoms. The van der Waals surface area contributed by atoms with Crippen LogP contribution in [0, 0.1) is 18.8 Å². The highest BCUT2D eigenvalue weighted by atomic mass is 16.1. The van der Waals surface area contributed by atoms with Gasteiger partial charge in [-0.25, -0.2) is 0 Å². The lowest BCUT2D eigenvalue weighted by atomic mass is 9.83. The summed E-state index contributed by atoms with van der Waals surface area (Å²) in [5.74, 6) is 1.81. The fourth-order valence-corrected chi connectivity index (χ4v) is 5.32. The quantitative estimate of drug-likeness (QED) is 0.776. The van der Waals surface area contributed by atoms with E-state index in [4.69, 9.17) is 5.73 Å². The number of aryl methyl sites for hydroxylation is 1. The van der Waals surface area contributed by atoms with Crippen LogP contribution < -0.4 is 11.1 Å². The summed E-state index contributed by atoms with van der Waals surface area (Å²) in [6.07, 6.45) is 6.35. The second-order valence-electron chi connectivity index (χ2n) is 9.52. The van der Waals surface area contributed by atoms with Gasteiger partial charge in [0.2, 0.25) is 5.91 Å². The Morgan fingerprint density at radius 3 is 2.57 bits per heavy atom. The molecule has 1 amide bonds. The van der Waals surface area contributed by atoms with Crippen molar-refractivity contribution in [3.63, 3.8) is 0 Å². The Labute approximate surface area is 171 Å². The van der Waals surface area contributed by atoms with E-state index in [9.17, 15) is 4.79 Å². The van der Waals surface area contributed by atoms with Crippen LogP contribution in [-0.2, 0) is 0 Å². The van der Waals surface area contributed by atoms with Crippen LogP contribution in [0.4, 0.5) is 0 Å². The van der Waals surface area contributed by atoms with Crippen molar-refractivity contribution >= 4 is 5.91 Å². The molecule has 4 heteroatoms. The van der Waals surface area contributed by atoms with Crippen molar-refractivity contribution in [2.45, 2.75) is 77.8 Å². The number of hydrogen-bond donors (Lipinski definition) is 2. The third kappa shape index (κ3) is 5.15. The van der Waals surface area contributed by atoms with Gasteiger partial charge >= 0.3 is 0 Å². The van der Waals surface area contributed by atoms with Crippen LogP contribution in [0.1, 0.15) is 80.3 Å². The number of likely N-dealkylation sites (tertiary alicyclic amines) is 1. The first-order valence-electron chi connectivity index (χ1n) is 11.2. The van der Waals surface area contributed by atoms with Gasteiger partial charge in [-0.3, -0.25) is 4.79 Å². The summed E-state index contributed by atoms with van der Waals surface area (Å²) >= 11 is 0. The molecular formula is C24H39N3O. The molecule has 1 aromatic rings.